The van der Waals surface area contributed by atoms with Crippen LogP contribution in [0.25, 0.3) is 0 Å². The summed E-state index contributed by atoms with van der Waals surface area (Å²) in [6, 6.07) is 0. The maximum atomic E-state index is 5.95. The first kappa shape index (κ1) is 16.0. The molecule has 20 heavy (non-hydrogen) atoms. The average Bonchev–Trinajstić information content (AvgIpc) is 3.22. The molecule has 2 rings (SSSR count). The summed E-state index contributed by atoms with van der Waals surface area (Å²) >= 11 is 0. The first-order valence-electron chi connectivity index (χ1n) is 8.19. The molecule has 116 valence electrons. The second-order valence-corrected chi connectivity index (χ2v) is 6.26. The minimum atomic E-state index is -0.203. The van der Waals surface area contributed by atoms with E-state index in [1.54, 1.807) is 7.11 Å². The van der Waals surface area contributed by atoms with Gasteiger partial charge < -0.3 is 14.2 Å². The van der Waals surface area contributed by atoms with Gasteiger partial charge >= 0.3 is 0 Å². The van der Waals surface area contributed by atoms with Crippen LogP contribution in [0, 0.1) is 5.92 Å². The van der Waals surface area contributed by atoms with Gasteiger partial charge in [-0.15, -0.1) is 0 Å². The molecule has 0 aromatic heterocycles. The first-order valence-corrected chi connectivity index (χ1v) is 8.19. The van der Waals surface area contributed by atoms with E-state index < -0.39 is 0 Å². The zero-order valence-corrected chi connectivity index (χ0v) is 13.3. The maximum absolute atomic E-state index is 5.95. The predicted molar refractivity (Wildman–Crippen MR) is 80.9 cm³/mol. The van der Waals surface area contributed by atoms with Gasteiger partial charge in [-0.1, -0.05) is 51.7 Å². The molecule has 0 N–H and O–H groups in total. The Morgan fingerprint density at radius 1 is 1.25 bits per heavy atom. The largest absolute Gasteiger partial charge is 0.378 e. The molecule has 3 nitrogen and oxygen atoms in total. The summed E-state index contributed by atoms with van der Waals surface area (Å²) in [6.07, 6.45) is 12.5. The lowest BCUT2D eigenvalue weighted by atomic mass is 9.85. The molecule has 0 aliphatic carbocycles. The Balaban J connectivity index is 1.75. The van der Waals surface area contributed by atoms with Crippen LogP contribution in [0.15, 0.2) is 12.2 Å². The molecule has 2 aliphatic rings. The van der Waals surface area contributed by atoms with Crippen molar-refractivity contribution in [3.8, 4) is 0 Å². The molecule has 2 heterocycles. The van der Waals surface area contributed by atoms with E-state index in [0.717, 1.165) is 19.6 Å². The van der Waals surface area contributed by atoms with Crippen LogP contribution in [-0.2, 0) is 14.2 Å². The van der Waals surface area contributed by atoms with E-state index in [4.69, 9.17) is 14.2 Å². The van der Waals surface area contributed by atoms with Gasteiger partial charge in [0.15, 0.2) is 0 Å². The van der Waals surface area contributed by atoms with Crippen LogP contribution in [0.5, 0.6) is 0 Å². The Morgan fingerprint density at radius 2 is 2.00 bits per heavy atom. The van der Waals surface area contributed by atoms with Crippen molar-refractivity contribution in [3.63, 3.8) is 0 Å². The molecule has 0 aromatic carbocycles. The fourth-order valence-electron chi connectivity index (χ4n) is 3.28. The van der Waals surface area contributed by atoms with Crippen LogP contribution < -0.4 is 0 Å². The molecule has 2 aliphatic heterocycles. The van der Waals surface area contributed by atoms with E-state index in [0.29, 0.717) is 5.92 Å². The molecule has 0 radical (unpaired) electrons. The van der Waals surface area contributed by atoms with Crippen molar-refractivity contribution in [3.05, 3.63) is 12.2 Å². The monoisotopic (exact) mass is 282 g/mol. The molecule has 4 atom stereocenters. The topological polar surface area (TPSA) is 31.0 Å². The van der Waals surface area contributed by atoms with E-state index in [9.17, 15) is 0 Å². The number of epoxide rings is 1. The second kappa shape index (κ2) is 7.58. The van der Waals surface area contributed by atoms with Crippen molar-refractivity contribution in [1.29, 1.82) is 0 Å². The van der Waals surface area contributed by atoms with Crippen LogP contribution in [0.4, 0.5) is 0 Å². The molecule has 0 aromatic rings. The zero-order valence-electron chi connectivity index (χ0n) is 13.3. The van der Waals surface area contributed by atoms with Crippen molar-refractivity contribution in [2.75, 3.05) is 20.3 Å². The van der Waals surface area contributed by atoms with Crippen molar-refractivity contribution >= 4 is 0 Å². The third-order valence-corrected chi connectivity index (χ3v) is 4.54. The lowest BCUT2D eigenvalue weighted by molar-refractivity contribution is -0.131. The van der Waals surface area contributed by atoms with Gasteiger partial charge in [0.2, 0.25) is 0 Å². The molecule has 0 unspecified atom stereocenters. The quantitative estimate of drug-likeness (QED) is 0.386. The Bertz CT molecular complexity index is 309. The van der Waals surface area contributed by atoms with Gasteiger partial charge in [0.1, 0.15) is 11.7 Å². The van der Waals surface area contributed by atoms with E-state index >= 15 is 0 Å². The maximum Gasteiger partial charge on any atom is 0.147 e. The highest BCUT2D eigenvalue weighted by atomic mass is 16.7. The normalized spacial score (nSPS) is 36.9. The van der Waals surface area contributed by atoms with Crippen LogP contribution in [-0.4, -0.2) is 38.1 Å². The molecule has 0 amide bonds. The number of unbranched alkanes of at least 4 members (excludes halogenated alkanes) is 5. The van der Waals surface area contributed by atoms with Crippen molar-refractivity contribution in [2.24, 2.45) is 5.92 Å². The molecule has 0 saturated carbocycles. The van der Waals surface area contributed by atoms with E-state index in [-0.39, 0.29) is 17.8 Å². The van der Waals surface area contributed by atoms with Crippen LogP contribution in [0.2, 0.25) is 0 Å². The summed E-state index contributed by atoms with van der Waals surface area (Å²) in [5.74, 6) is 0.404. The lowest BCUT2D eigenvalue weighted by Gasteiger charge is -2.38. The number of methoxy groups -OCH3 is 1. The second-order valence-electron chi connectivity index (χ2n) is 6.26. The number of allylic oxidation sites excluding steroid dienone is 1. The van der Waals surface area contributed by atoms with E-state index in [1.807, 2.05) is 0 Å². The Morgan fingerprint density at radius 3 is 2.65 bits per heavy atom. The third-order valence-electron chi connectivity index (χ3n) is 4.54. The Hall–Kier alpha value is -0.380. The fourth-order valence-corrected chi connectivity index (χ4v) is 3.28. The molecule has 1 spiro atoms. The Kier molecular flexibility index (Phi) is 6.06. The average molecular weight is 282 g/mol. The van der Waals surface area contributed by atoms with Crippen molar-refractivity contribution in [2.45, 2.75) is 70.2 Å². The summed E-state index contributed by atoms with van der Waals surface area (Å²) in [5, 5.41) is 0. The van der Waals surface area contributed by atoms with Crippen molar-refractivity contribution in [1.82, 2.24) is 0 Å². The highest BCUT2D eigenvalue weighted by molar-refractivity contribution is 5.15. The van der Waals surface area contributed by atoms with Crippen LogP contribution in [0.3, 0.4) is 0 Å². The molecular weight excluding hydrogens is 252 g/mol. The third kappa shape index (κ3) is 3.63. The first-order chi connectivity index (χ1) is 9.74. The SMILES string of the molecule is CCCCCCCC=C[C@@H]1OC[C@H](C)[C@@H](OC)[C@@]12CO2. The van der Waals surface area contributed by atoms with Crippen LogP contribution in [0.1, 0.15) is 52.4 Å². The van der Waals surface area contributed by atoms with E-state index in [1.165, 1.54) is 32.1 Å². The summed E-state index contributed by atoms with van der Waals surface area (Å²) < 4.78 is 17.3. The summed E-state index contributed by atoms with van der Waals surface area (Å²) in [5.41, 5.74) is -0.203. The highest BCUT2D eigenvalue weighted by Crippen LogP contribution is 2.44. The fraction of sp³-hybridized carbons (Fsp3) is 0.882. The predicted octanol–water partition coefficient (Wildman–Crippen LogP) is 3.72. The minimum Gasteiger partial charge on any atom is -0.378 e. The zero-order chi connectivity index (χ0) is 14.4. The van der Waals surface area contributed by atoms with Gasteiger partial charge in [0.25, 0.3) is 0 Å². The minimum absolute atomic E-state index is 0.0688. The molecule has 0 bridgehead atoms. The Labute approximate surface area is 123 Å². The smallest absolute Gasteiger partial charge is 0.147 e. The van der Waals surface area contributed by atoms with Gasteiger partial charge in [-0.25, -0.2) is 0 Å². The lowest BCUT2D eigenvalue weighted by Crippen LogP contribution is -2.52. The molecule has 3 heteroatoms. The van der Waals surface area contributed by atoms with Gasteiger partial charge in [0.05, 0.1) is 19.3 Å². The van der Waals surface area contributed by atoms with Gasteiger partial charge in [-0.2, -0.15) is 0 Å². The molecule has 2 fully saturated rings. The molecular formula is C17H30O3. The number of ether oxygens (including phenoxy) is 3. The van der Waals surface area contributed by atoms with Crippen molar-refractivity contribution < 1.29 is 14.2 Å². The van der Waals surface area contributed by atoms with Gasteiger partial charge in [-0.3, -0.25) is 0 Å². The highest BCUT2D eigenvalue weighted by Gasteiger charge is 2.61. The van der Waals surface area contributed by atoms with Gasteiger partial charge in [-0.05, 0) is 12.8 Å². The number of hydrogen-bond acceptors (Lipinski definition) is 3. The summed E-state index contributed by atoms with van der Waals surface area (Å²) in [4.78, 5) is 0. The number of hydrogen-bond donors (Lipinski definition) is 0. The standard InChI is InChI=1S/C17H30O3/c1-4-5-6-7-8-9-10-11-15-17(13-20-17)16(18-3)14(2)12-19-15/h10-11,14-16H,4-9,12-13H2,1-3H3/t14-,15-,16+,17+/m0/s1. The molecule has 2 saturated heterocycles. The number of rotatable bonds is 8. The van der Waals surface area contributed by atoms with Gasteiger partial charge in [0, 0.05) is 13.0 Å². The summed E-state index contributed by atoms with van der Waals surface area (Å²) in [7, 11) is 1.78. The van der Waals surface area contributed by atoms with Crippen LogP contribution >= 0.6 is 0 Å². The summed E-state index contributed by atoms with van der Waals surface area (Å²) in [6.45, 7) is 5.95. The van der Waals surface area contributed by atoms with E-state index in [2.05, 4.69) is 26.0 Å².